The third-order valence-corrected chi connectivity index (χ3v) is 10.9. The van der Waals surface area contributed by atoms with Crippen LogP contribution in [0.5, 0.6) is 5.75 Å². The van der Waals surface area contributed by atoms with Gasteiger partial charge in [-0.2, -0.15) is 0 Å². The Hall–Kier alpha value is -3.19. The van der Waals surface area contributed by atoms with Crippen LogP contribution in [0.3, 0.4) is 0 Å². The van der Waals surface area contributed by atoms with Gasteiger partial charge < -0.3 is 20.4 Å². The van der Waals surface area contributed by atoms with Crippen molar-refractivity contribution in [3.05, 3.63) is 58.1 Å². The van der Waals surface area contributed by atoms with Crippen LogP contribution in [0.2, 0.25) is 0 Å². The zero-order chi connectivity index (χ0) is 31.1. The minimum Gasteiger partial charge on any atom is -0.511 e. The van der Waals surface area contributed by atoms with Gasteiger partial charge in [0.15, 0.2) is 17.2 Å². The van der Waals surface area contributed by atoms with Gasteiger partial charge >= 0.3 is 0 Å². The molecule has 226 valence electrons. The number of allylic oxidation sites excluding steroid dienone is 3. The Morgan fingerprint density at radius 3 is 2.26 bits per heavy atom. The van der Waals surface area contributed by atoms with Crippen molar-refractivity contribution in [3.8, 4) is 5.75 Å². The summed E-state index contributed by atoms with van der Waals surface area (Å²) in [5.41, 5.74) is -3.36. The van der Waals surface area contributed by atoms with Crippen molar-refractivity contribution in [1.82, 2.24) is 0 Å². The number of benzene rings is 1. The van der Waals surface area contributed by atoms with E-state index in [4.69, 9.17) is 0 Å². The van der Waals surface area contributed by atoms with E-state index in [1.54, 1.807) is 6.92 Å². The fourth-order valence-corrected chi connectivity index (χ4v) is 9.06. The molecule has 7 heteroatoms. The number of aromatic hydroxyl groups is 1. The average molecular weight is 577 g/mol. The summed E-state index contributed by atoms with van der Waals surface area (Å²) in [5, 5.41) is 46.2. The molecular formula is C35H44O7. The van der Waals surface area contributed by atoms with Gasteiger partial charge in [-0.3, -0.25) is 14.4 Å². The minimum atomic E-state index is -2.61. The smallest absolute Gasteiger partial charge is 0.209 e. The molecule has 4 atom stereocenters. The highest BCUT2D eigenvalue weighted by Gasteiger charge is 2.71. The highest BCUT2D eigenvalue weighted by Crippen LogP contribution is 2.65. The Balaban J connectivity index is 1.67. The Kier molecular flexibility index (Phi) is 7.16. The van der Waals surface area contributed by atoms with Gasteiger partial charge in [-0.1, -0.05) is 60.1 Å². The lowest BCUT2D eigenvalue weighted by Gasteiger charge is -2.59. The molecule has 0 spiro atoms. The van der Waals surface area contributed by atoms with E-state index in [9.17, 15) is 34.8 Å². The molecule has 4 N–H and O–H groups in total. The van der Waals surface area contributed by atoms with Gasteiger partial charge in [0.25, 0.3) is 0 Å². The highest BCUT2D eigenvalue weighted by molar-refractivity contribution is 6.25. The van der Waals surface area contributed by atoms with E-state index in [1.807, 2.05) is 26.8 Å². The lowest BCUT2D eigenvalue weighted by atomic mass is 9.44. The first kappa shape index (κ1) is 30.3. The number of carbonyl (C=O) groups excluding carboxylic acids is 3. The summed E-state index contributed by atoms with van der Waals surface area (Å²) in [6.45, 7) is 14.9. The van der Waals surface area contributed by atoms with Gasteiger partial charge in [-0.15, -0.1) is 0 Å². The van der Waals surface area contributed by atoms with Gasteiger partial charge in [0.05, 0.1) is 5.56 Å². The van der Waals surface area contributed by atoms with E-state index in [2.05, 4.69) is 13.5 Å². The SMILES string of the molecule is C=C(CC1CCC(C)CC1)c1ccc(O)c2c1C[C@]1(C)C[C@]3(C)C(C(C)C)C(O)=C(C(C)=O)C(=O)[C@]3(O)C(O)=C1C2=O. The number of phenolic OH excluding ortho intramolecular Hbond substituents is 1. The van der Waals surface area contributed by atoms with Crippen molar-refractivity contribution in [2.75, 3.05) is 0 Å². The first-order valence-corrected chi connectivity index (χ1v) is 15.2. The molecule has 0 heterocycles. The molecule has 0 bridgehead atoms. The zero-order valence-electron chi connectivity index (χ0n) is 25.6. The number of phenols is 1. The lowest BCUT2D eigenvalue weighted by Crippen LogP contribution is -2.67. The predicted octanol–water partition coefficient (Wildman–Crippen LogP) is 6.58. The molecule has 1 fully saturated rings. The lowest BCUT2D eigenvalue weighted by molar-refractivity contribution is -0.171. The van der Waals surface area contributed by atoms with Crippen molar-refractivity contribution in [2.24, 2.45) is 34.5 Å². The van der Waals surface area contributed by atoms with Gasteiger partial charge in [0, 0.05) is 22.3 Å². The number of hydrogen-bond donors (Lipinski definition) is 4. The van der Waals surface area contributed by atoms with E-state index < -0.39 is 51.0 Å². The van der Waals surface area contributed by atoms with Crippen LogP contribution in [0, 0.1) is 34.5 Å². The molecule has 4 aliphatic rings. The maximum Gasteiger partial charge on any atom is 0.209 e. The van der Waals surface area contributed by atoms with Gasteiger partial charge in [0.2, 0.25) is 5.78 Å². The number of fused-ring (bicyclic) bond motifs is 3. The monoisotopic (exact) mass is 576 g/mol. The molecule has 0 radical (unpaired) electrons. The number of aliphatic hydroxyl groups excluding tert-OH is 2. The number of carbonyl (C=O) groups is 3. The van der Waals surface area contributed by atoms with E-state index in [1.165, 1.54) is 18.9 Å². The molecule has 0 amide bonds. The second kappa shape index (κ2) is 9.94. The van der Waals surface area contributed by atoms with E-state index in [-0.39, 0.29) is 41.4 Å². The molecule has 1 saturated carbocycles. The Morgan fingerprint density at radius 1 is 1.07 bits per heavy atom. The molecule has 0 aromatic heterocycles. The summed E-state index contributed by atoms with van der Waals surface area (Å²) < 4.78 is 0. The van der Waals surface area contributed by atoms with Crippen molar-refractivity contribution < 1.29 is 34.8 Å². The Morgan fingerprint density at radius 2 is 1.69 bits per heavy atom. The second-order valence-corrected chi connectivity index (χ2v) is 14.4. The van der Waals surface area contributed by atoms with Crippen molar-refractivity contribution in [3.63, 3.8) is 0 Å². The third-order valence-electron chi connectivity index (χ3n) is 10.9. The molecule has 5 rings (SSSR count). The van der Waals surface area contributed by atoms with Gasteiger partial charge in [-0.25, -0.2) is 0 Å². The Labute approximate surface area is 248 Å². The quantitative estimate of drug-likeness (QED) is 0.291. The fourth-order valence-electron chi connectivity index (χ4n) is 9.06. The molecule has 0 saturated heterocycles. The fraction of sp³-hybridized carbons (Fsp3) is 0.571. The first-order valence-electron chi connectivity index (χ1n) is 15.2. The van der Waals surface area contributed by atoms with E-state index >= 15 is 0 Å². The summed E-state index contributed by atoms with van der Waals surface area (Å²) in [7, 11) is 0. The van der Waals surface area contributed by atoms with Gasteiger partial charge in [0.1, 0.15) is 22.8 Å². The van der Waals surface area contributed by atoms with E-state index in [0.29, 0.717) is 11.5 Å². The third kappa shape index (κ3) is 4.06. The van der Waals surface area contributed by atoms with Crippen molar-refractivity contribution in [1.29, 1.82) is 0 Å². The molecule has 1 unspecified atom stereocenters. The molecule has 42 heavy (non-hydrogen) atoms. The largest absolute Gasteiger partial charge is 0.511 e. The van der Waals surface area contributed by atoms with Crippen LogP contribution in [0.15, 0.2) is 41.4 Å². The Bertz CT molecular complexity index is 1470. The molecule has 1 aromatic carbocycles. The molecule has 1 aromatic rings. The zero-order valence-corrected chi connectivity index (χ0v) is 25.6. The summed E-state index contributed by atoms with van der Waals surface area (Å²) in [5.74, 6) is -3.83. The maximum absolute atomic E-state index is 14.3. The van der Waals surface area contributed by atoms with Crippen molar-refractivity contribution >= 4 is 22.9 Å². The molecular weight excluding hydrogens is 532 g/mol. The number of aliphatic hydroxyl groups is 3. The minimum absolute atomic E-state index is 0.0472. The maximum atomic E-state index is 14.3. The predicted molar refractivity (Wildman–Crippen MR) is 160 cm³/mol. The molecule has 7 nitrogen and oxygen atoms in total. The van der Waals surface area contributed by atoms with E-state index in [0.717, 1.165) is 43.2 Å². The standard InChI is InChI=1S/C35H44O7/c1-17(2)27-29(38)25(20(5)36)31(40)35(42)32(41)28-30(39)26-23(15-33(28,6)16-34(27,35)7)22(12-13-24(26)37)19(4)14-21-10-8-18(3)9-11-21/h12-13,17-18,21,27,37-38,41-42H,4,8-11,14-16H2,1-3,5-7H3/t18?,21?,27?,33-,34-,35+/m1/s1. The first-order chi connectivity index (χ1) is 19.5. The van der Waals surface area contributed by atoms with Gasteiger partial charge in [-0.05, 0) is 79.5 Å². The van der Waals surface area contributed by atoms with Crippen LogP contribution in [-0.4, -0.2) is 43.4 Å². The van der Waals surface area contributed by atoms with Crippen LogP contribution < -0.4 is 0 Å². The summed E-state index contributed by atoms with van der Waals surface area (Å²) in [4.78, 5) is 40.6. The van der Waals surface area contributed by atoms with Crippen LogP contribution in [0.1, 0.15) is 102 Å². The topological polar surface area (TPSA) is 132 Å². The summed E-state index contributed by atoms with van der Waals surface area (Å²) >= 11 is 0. The van der Waals surface area contributed by atoms with Crippen molar-refractivity contribution in [2.45, 2.75) is 92.1 Å². The molecule has 0 aliphatic heterocycles. The highest BCUT2D eigenvalue weighted by atomic mass is 16.3. The normalized spacial score (nSPS) is 34.7. The number of hydrogen-bond acceptors (Lipinski definition) is 7. The number of ketones is 3. The average Bonchev–Trinajstić information content (AvgIpc) is 2.87. The molecule has 4 aliphatic carbocycles. The van der Waals surface area contributed by atoms with Crippen LogP contribution in [-0.2, 0) is 16.0 Å². The van der Waals surface area contributed by atoms with Crippen LogP contribution in [0.4, 0.5) is 0 Å². The summed E-state index contributed by atoms with van der Waals surface area (Å²) in [6.07, 6.45) is 5.73. The number of rotatable bonds is 5. The number of Topliss-reactive ketones (excluding diaryl/α,β-unsaturated/α-hetero) is 3. The van der Waals surface area contributed by atoms with Crippen LogP contribution in [0.25, 0.3) is 5.57 Å². The summed E-state index contributed by atoms with van der Waals surface area (Å²) in [6, 6.07) is 3.28. The second-order valence-electron chi connectivity index (χ2n) is 14.4. The van der Waals surface area contributed by atoms with Crippen LogP contribution >= 0.6 is 0 Å².